The molecule has 78 valence electrons. The molecule has 2 aliphatic rings. The molecule has 2 aliphatic heterocycles. The molecule has 0 amide bonds. The summed E-state index contributed by atoms with van der Waals surface area (Å²) in [6.07, 6.45) is 2.31. The molecule has 0 spiro atoms. The van der Waals surface area contributed by atoms with Crippen molar-refractivity contribution in [1.82, 2.24) is 4.90 Å². The summed E-state index contributed by atoms with van der Waals surface area (Å²) in [7, 11) is 2.08. The van der Waals surface area contributed by atoms with Crippen LogP contribution in [0, 0.1) is 11.8 Å². The minimum atomic E-state index is -0.348. The van der Waals surface area contributed by atoms with Crippen LogP contribution in [0.15, 0.2) is 0 Å². The van der Waals surface area contributed by atoms with Gasteiger partial charge in [-0.2, -0.15) is 0 Å². The molecule has 2 fully saturated rings. The molecule has 2 heterocycles. The van der Waals surface area contributed by atoms with E-state index in [-0.39, 0.29) is 17.9 Å². The first-order valence-corrected chi connectivity index (χ1v) is 5.10. The van der Waals surface area contributed by atoms with Gasteiger partial charge < -0.3 is 9.64 Å². The summed E-state index contributed by atoms with van der Waals surface area (Å²) in [5.74, 6) is -0.454. The van der Waals surface area contributed by atoms with Crippen LogP contribution in [-0.2, 0) is 14.3 Å². The van der Waals surface area contributed by atoms with E-state index in [2.05, 4.69) is 16.7 Å². The van der Waals surface area contributed by atoms with Crippen molar-refractivity contribution in [1.29, 1.82) is 0 Å². The van der Waals surface area contributed by atoms with Gasteiger partial charge in [0.2, 0.25) is 0 Å². The number of ether oxygens (including phenoxy) is 1. The summed E-state index contributed by atoms with van der Waals surface area (Å²) in [6.45, 7) is 2.03. The Morgan fingerprint density at radius 1 is 1.29 bits per heavy atom. The minimum absolute atomic E-state index is 0.156. The Morgan fingerprint density at radius 2 is 1.93 bits per heavy atom. The highest BCUT2D eigenvalue weighted by atomic mass is 16.6. The zero-order valence-electron chi connectivity index (χ0n) is 8.36. The standard InChI is InChI=1S/C10H15NO3/c1-11-4-2-7(3-5-11)8-6-9(12)14-10(8)13/h7-8H,2-6H2,1H3. The van der Waals surface area contributed by atoms with E-state index in [0.717, 1.165) is 25.9 Å². The molecule has 4 heteroatoms. The van der Waals surface area contributed by atoms with Gasteiger partial charge in [0, 0.05) is 0 Å². The van der Waals surface area contributed by atoms with Crippen LogP contribution in [0.4, 0.5) is 0 Å². The average molecular weight is 197 g/mol. The average Bonchev–Trinajstić information content (AvgIpc) is 2.47. The number of hydrogen-bond acceptors (Lipinski definition) is 4. The molecule has 2 rings (SSSR count). The van der Waals surface area contributed by atoms with Crippen molar-refractivity contribution < 1.29 is 14.3 Å². The topological polar surface area (TPSA) is 46.6 Å². The quantitative estimate of drug-likeness (QED) is 0.451. The molecule has 1 unspecified atom stereocenters. The number of esters is 2. The fraction of sp³-hybridized carbons (Fsp3) is 0.800. The fourth-order valence-electron chi connectivity index (χ4n) is 2.28. The number of likely N-dealkylation sites (tertiary alicyclic amines) is 1. The molecule has 0 aromatic carbocycles. The molecular formula is C10H15NO3. The number of carbonyl (C=O) groups is 2. The monoisotopic (exact) mass is 197 g/mol. The Labute approximate surface area is 83.2 Å². The van der Waals surface area contributed by atoms with Crippen LogP contribution < -0.4 is 0 Å². The van der Waals surface area contributed by atoms with Crippen molar-refractivity contribution >= 4 is 11.9 Å². The molecule has 1 atom stereocenters. The van der Waals surface area contributed by atoms with E-state index >= 15 is 0 Å². The molecule has 0 saturated carbocycles. The number of rotatable bonds is 1. The van der Waals surface area contributed by atoms with Crippen LogP contribution in [0.5, 0.6) is 0 Å². The number of cyclic esters (lactones) is 2. The van der Waals surface area contributed by atoms with Gasteiger partial charge in [-0.3, -0.25) is 9.59 Å². The summed E-state index contributed by atoms with van der Waals surface area (Å²) < 4.78 is 4.56. The first-order chi connectivity index (χ1) is 6.66. The van der Waals surface area contributed by atoms with Crippen molar-refractivity contribution in [2.75, 3.05) is 20.1 Å². The van der Waals surface area contributed by atoms with E-state index < -0.39 is 0 Å². The van der Waals surface area contributed by atoms with E-state index in [4.69, 9.17) is 0 Å². The number of piperidine rings is 1. The van der Waals surface area contributed by atoms with Crippen molar-refractivity contribution in [2.45, 2.75) is 19.3 Å². The second-order valence-electron chi connectivity index (χ2n) is 4.24. The maximum Gasteiger partial charge on any atom is 0.317 e. The van der Waals surface area contributed by atoms with Crippen molar-refractivity contribution in [2.24, 2.45) is 11.8 Å². The van der Waals surface area contributed by atoms with Crippen molar-refractivity contribution in [3.63, 3.8) is 0 Å². The lowest BCUT2D eigenvalue weighted by atomic mass is 9.83. The van der Waals surface area contributed by atoms with Crippen LogP contribution in [0.25, 0.3) is 0 Å². The molecule has 0 aromatic heterocycles. The van der Waals surface area contributed by atoms with Crippen LogP contribution in [0.3, 0.4) is 0 Å². The second kappa shape index (κ2) is 3.69. The third kappa shape index (κ3) is 1.80. The lowest BCUT2D eigenvalue weighted by Gasteiger charge is -2.30. The Kier molecular flexibility index (Phi) is 2.54. The molecule has 4 nitrogen and oxygen atoms in total. The Balaban J connectivity index is 1.95. The number of nitrogens with zero attached hydrogens (tertiary/aromatic N) is 1. The lowest BCUT2D eigenvalue weighted by molar-refractivity contribution is -0.153. The summed E-state index contributed by atoms with van der Waals surface area (Å²) in [5.41, 5.74) is 0. The van der Waals surface area contributed by atoms with Gasteiger partial charge in [-0.1, -0.05) is 0 Å². The lowest BCUT2D eigenvalue weighted by Crippen LogP contribution is -2.34. The Bertz CT molecular complexity index is 256. The fourth-order valence-corrected chi connectivity index (χ4v) is 2.28. The van der Waals surface area contributed by atoms with Crippen LogP contribution in [-0.4, -0.2) is 37.0 Å². The highest BCUT2D eigenvalue weighted by Gasteiger charge is 2.39. The molecule has 0 N–H and O–H groups in total. The van der Waals surface area contributed by atoms with Gasteiger partial charge in [-0.25, -0.2) is 0 Å². The smallest absolute Gasteiger partial charge is 0.317 e. The van der Waals surface area contributed by atoms with E-state index in [0.29, 0.717) is 12.3 Å². The summed E-state index contributed by atoms with van der Waals surface area (Å²) in [4.78, 5) is 24.5. The third-order valence-corrected chi connectivity index (χ3v) is 3.24. The van der Waals surface area contributed by atoms with Gasteiger partial charge in [-0.15, -0.1) is 0 Å². The Hall–Kier alpha value is -0.900. The van der Waals surface area contributed by atoms with Gasteiger partial charge in [-0.05, 0) is 38.9 Å². The minimum Gasteiger partial charge on any atom is -0.393 e. The molecule has 0 bridgehead atoms. The predicted molar refractivity (Wildman–Crippen MR) is 49.4 cm³/mol. The summed E-state index contributed by atoms with van der Waals surface area (Å²) in [6, 6.07) is 0. The van der Waals surface area contributed by atoms with Crippen LogP contribution in [0.2, 0.25) is 0 Å². The predicted octanol–water partition coefficient (Wildman–Crippen LogP) is 0.418. The molecule has 0 radical (unpaired) electrons. The maximum atomic E-state index is 11.3. The molecule has 14 heavy (non-hydrogen) atoms. The molecular weight excluding hydrogens is 182 g/mol. The summed E-state index contributed by atoms with van der Waals surface area (Å²) >= 11 is 0. The van der Waals surface area contributed by atoms with Gasteiger partial charge >= 0.3 is 11.9 Å². The number of hydrogen-bond donors (Lipinski definition) is 0. The van der Waals surface area contributed by atoms with E-state index in [1.807, 2.05) is 0 Å². The molecule has 0 aromatic rings. The largest absolute Gasteiger partial charge is 0.393 e. The summed E-state index contributed by atoms with van der Waals surface area (Å²) in [5, 5.41) is 0. The van der Waals surface area contributed by atoms with Crippen molar-refractivity contribution in [3.05, 3.63) is 0 Å². The van der Waals surface area contributed by atoms with Crippen LogP contribution >= 0.6 is 0 Å². The first-order valence-electron chi connectivity index (χ1n) is 5.10. The zero-order valence-corrected chi connectivity index (χ0v) is 8.36. The van der Waals surface area contributed by atoms with Gasteiger partial charge in [0.15, 0.2) is 0 Å². The van der Waals surface area contributed by atoms with Gasteiger partial charge in [0.1, 0.15) is 0 Å². The highest BCUT2D eigenvalue weighted by Crippen LogP contribution is 2.31. The van der Waals surface area contributed by atoms with E-state index in [9.17, 15) is 9.59 Å². The second-order valence-corrected chi connectivity index (χ2v) is 4.24. The third-order valence-electron chi connectivity index (χ3n) is 3.24. The number of carbonyl (C=O) groups excluding carboxylic acids is 2. The van der Waals surface area contributed by atoms with E-state index in [1.165, 1.54) is 0 Å². The zero-order chi connectivity index (χ0) is 10.1. The van der Waals surface area contributed by atoms with Crippen LogP contribution in [0.1, 0.15) is 19.3 Å². The van der Waals surface area contributed by atoms with Gasteiger partial charge in [0.05, 0.1) is 12.3 Å². The van der Waals surface area contributed by atoms with Gasteiger partial charge in [0.25, 0.3) is 0 Å². The van der Waals surface area contributed by atoms with Crippen molar-refractivity contribution in [3.8, 4) is 0 Å². The molecule has 0 aliphatic carbocycles. The molecule has 2 saturated heterocycles. The first kappa shape index (κ1) is 9.65. The SMILES string of the molecule is CN1CCC(C2CC(=O)OC2=O)CC1. The highest BCUT2D eigenvalue weighted by molar-refractivity contribution is 5.94. The maximum absolute atomic E-state index is 11.3. The Morgan fingerprint density at radius 3 is 2.43 bits per heavy atom. The van der Waals surface area contributed by atoms with E-state index in [1.54, 1.807) is 0 Å². The normalized spacial score (nSPS) is 30.8.